The molecule has 0 amide bonds. The van der Waals surface area contributed by atoms with Crippen LogP contribution >= 0.6 is 0 Å². The Kier molecular flexibility index (Phi) is 6.03. The predicted molar refractivity (Wildman–Crippen MR) is 78.3 cm³/mol. The molecule has 0 fully saturated rings. The predicted octanol–water partition coefficient (Wildman–Crippen LogP) is 3.49. The zero-order valence-electron chi connectivity index (χ0n) is 12.4. The highest BCUT2D eigenvalue weighted by Gasteiger charge is 2.21. The van der Waals surface area contributed by atoms with Crippen molar-refractivity contribution in [3.05, 3.63) is 35.4 Å². The van der Waals surface area contributed by atoms with Gasteiger partial charge in [0, 0.05) is 12.6 Å². The largest absolute Gasteiger partial charge is 0.480 e. The average Bonchev–Trinajstić information content (AvgIpc) is 2.30. The maximum absolute atomic E-state index is 11.1. The number of hydrogen-bond acceptors (Lipinski definition) is 2. The molecule has 0 aliphatic heterocycles. The summed E-state index contributed by atoms with van der Waals surface area (Å²) in [7, 11) is 0. The Hall–Kier alpha value is -1.35. The summed E-state index contributed by atoms with van der Waals surface area (Å²) in [5, 5.41) is 9.09. The van der Waals surface area contributed by atoms with Gasteiger partial charge in [0.1, 0.15) is 0 Å². The fourth-order valence-corrected chi connectivity index (χ4v) is 2.44. The van der Waals surface area contributed by atoms with Crippen molar-refractivity contribution in [2.24, 2.45) is 5.92 Å². The Morgan fingerprint density at radius 3 is 2.26 bits per heavy atom. The maximum atomic E-state index is 11.1. The van der Waals surface area contributed by atoms with Crippen molar-refractivity contribution in [1.82, 2.24) is 4.90 Å². The molecule has 19 heavy (non-hydrogen) atoms. The molecule has 0 radical (unpaired) electrons. The lowest BCUT2D eigenvalue weighted by Gasteiger charge is -2.31. The lowest BCUT2D eigenvalue weighted by Crippen LogP contribution is -2.36. The van der Waals surface area contributed by atoms with Gasteiger partial charge in [-0.25, -0.2) is 0 Å². The molecule has 0 bridgehead atoms. The first-order chi connectivity index (χ1) is 8.93. The van der Waals surface area contributed by atoms with E-state index in [-0.39, 0.29) is 12.6 Å². The standard InChI is InChI=1S/C16H25NO2/c1-5-15(14-8-6-13(4)7-9-14)17(10-12(2)3)11-16(18)19/h6-9,12,15H,5,10-11H2,1-4H3,(H,18,19). The molecule has 0 spiro atoms. The molecule has 1 N–H and O–H groups in total. The first-order valence-corrected chi connectivity index (χ1v) is 6.96. The summed E-state index contributed by atoms with van der Waals surface area (Å²) in [6.45, 7) is 9.32. The molecule has 0 heterocycles. The van der Waals surface area contributed by atoms with E-state index < -0.39 is 5.97 Å². The summed E-state index contributed by atoms with van der Waals surface area (Å²) < 4.78 is 0. The van der Waals surface area contributed by atoms with Crippen LogP contribution in [0, 0.1) is 12.8 Å². The smallest absolute Gasteiger partial charge is 0.317 e. The van der Waals surface area contributed by atoms with Crippen LogP contribution in [0.5, 0.6) is 0 Å². The third kappa shape index (κ3) is 5.03. The van der Waals surface area contributed by atoms with Crippen LogP contribution in [0.2, 0.25) is 0 Å². The minimum Gasteiger partial charge on any atom is -0.480 e. The molecular formula is C16H25NO2. The van der Waals surface area contributed by atoms with Crippen LogP contribution in [0.1, 0.15) is 44.4 Å². The van der Waals surface area contributed by atoms with E-state index in [1.807, 2.05) is 0 Å². The number of carboxylic acid groups (broad SMARTS) is 1. The summed E-state index contributed by atoms with van der Waals surface area (Å²) in [5.74, 6) is -0.301. The number of carboxylic acids is 1. The minimum absolute atomic E-state index is 0.102. The van der Waals surface area contributed by atoms with Gasteiger partial charge < -0.3 is 5.11 Å². The first kappa shape index (κ1) is 15.7. The van der Waals surface area contributed by atoms with Crippen LogP contribution in [0.15, 0.2) is 24.3 Å². The average molecular weight is 263 g/mol. The van der Waals surface area contributed by atoms with Crippen LogP contribution in [0.25, 0.3) is 0 Å². The van der Waals surface area contributed by atoms with Gasteiger partial charge in [0.15, 0.2) is 0 Å². The van der Waals surface area contributed by atoms with E-state index >= 15 is 0 Å². The zero-order valence-corrected chi connectivity index (χ0v) is 12.4. The van der Waals surface area contributed by atoms with Gasteiger partial charge in [-0.05, 0) is 24.8 Å². The molecule has 1 rings (SSSR count). The number of hydrogen-bond donors (Lipinski definition) is 1. The molecule has 106 valence electrons. The molecule has 0 aliphatic carbocycles. The Labute approximate surface area is 116 Å². The van der Waals surface area contributed by atoms with Gasteiger partial charge in [-0.2, -0.15) is 0 Å². The maximum Gasteiger partial charge on any atom is 0.317 e. The lowest BCUT2D eigenvalue weighted by molar-refractivity contribution is -0.139. The SMILES string of the molecule is CCC(c1ccc(C)cc1)N(CC(=O)O)CC(C)C. The Bertz CT molecular complexity index is 398. The fraction of sp³-hybridized carbons (Fsp3) is 0.562. The summed E-state index contributed by atoms with van der Waals surface area (Å²) in [4.78, 5) is 13.1. The highest BCUT2D eigenvalue weighted by molar-refractivity contribution is 5.69. The van der Waals surface area contributed by atoms with E-state index in [1.165, 1.54) is 11.1 Å². The molecule has 3 nitrogen and oxygen atoms in total. The van der Waals surface area contributed by atoms with Crippen molar-refractivity contribution >= 4 is 5.97 Å². The Balaban J connectivity index is 2.94. The molecule has 1 unspecified atom stereocenters. The Morgan fingerprint density at radius 1 is 1.26 bits per heavy atom. The quantitative estimate of drug-likeness (QED) is 0.818. The highest BCUT2D eigenvalue weighted by Crippen LogP contribution is 2.25. The van der Waals surface area contributed by atoms with Crippen LogP contribution in [-0.2, 0) is 4.79 Å². The van der Waals surface area contributed by atoms with Gasteiger partial charge in [0.25, 0.3) is 0 Å². The van der Waals surface area contributed by atoms with Crippen molar-refractivity contribution in [1.29, 1.82) is 0 Å². The normalized spacial score (nSPS) is 12.9. The molecule has 0 saturated heterocycles. The molecule has 0 aliphatic rings. The summed E-state index contributed by atoms with van der Waals surface area (Å²) in [5.41, 5.74) is 2.43. The number of aryl methyl sites for hydroxylation is 1. The number of nitrogens with zero attached hydrogens (tertiary/aromatic N) is 1. The molecule has 1 aromatic carbocycles. The van der Waals surface area contributed by atoms with E-state index in [0.717, 1.165) is 13.0 Å². The molecular weight excluding hydrogens is 238 g/mol. The number of rotatable bonds is 7. The van der Waals surface area contributed by atoms with Gasteiger partial charge in [-0.3, -0.25) is 9.69 Å². The van der Waals surface area contributed by atoms with Crippen molar-refractivity contribution < 1.29 is 9.90 Å². The minimum atomic E-state index is -0.758. The molecule has 1 aromatic rings. The van der Waals surface area contributed by atoms with Gasteiger partial charge in [-0.15, -0.1) is 0 Å². The van der Waals surface area contributed by atoms with Gasteiger partial charge >= 0.3 is 5.97 Å². The highest BCUT2D eigenvalue weighted by atomic mass is 16.4. The van der Waals surface area contributed by atoms with Crippen LogP contribution in [-0.4, -0.2) is 29.1 Å². The molecule has 3 heteroatoms. The van der Waals surface area contributed by atoms with Crippen molar-refractivity contribution in [2.75, 3.05) is 13.1 Å². The Morgan fingerprint density at radius 2 is 1.84 bits per heavy atom. The first-order valence-electron chi connectivity index (χ1n) is 6.96. The third-order valence-electron chi connectivity index (χ3n) is 3.23. The van der Waals surface area contributed by atoms with E-state index in [2.05, 4.69) is 56.9 Å². The number of aliphatic carboxylic acids is 1. The van der Waals surface area contributed by atoms with Gasteiger partial charge in [0.2, 0.25) is 0 Å². The monoisotopic (exact) mass is 263 g/mol. The molecule has 1 atom stereocenters. The van der Waals surface area contributed by atoms with Gasteiger partial charge in [-0.1, -0.05) is 50.6 Å². The zero-order chi connectivity index (χ0) is 14.4. The molecule has 0 saturated carbocycles. The van der Waals surface area contributed by atoms with E-state index in [9.17, 15) is 4.79 Å². The number of benzene rings is 1. The fourth-order valence-electron chi connectivity index (χ4n) is 2.44. The molecule has 0 aromatic heterocycles. The van der Waals surface area contributed by atoms with E-state index in [1.54, 1.807) is 0 Å². The second kappa shape index (κ2) is 7.29. The second-order valence-corrected chi connectivity index (χ2v) is 5.55. The van der Waals surface area contributed by atoms with Crippen molar-refractivity contribution in [3.8, 4) is 0 Å². The second-order valence-electron chi connectivity index (χ2n) is 5.55. The topological polar surface area (TPSA) is 40.5 Å². The number of carbonyl (C=O) groups is 1. The van der Waals surface area contributed by atoms with Crippen LogP contribution < -0.4 is 0 Å². The third-order valence-corrected chi connectivity index (χ3v) is 3.23. The summed E-state index contributed by atoms with van der Waals surface area (Å²) in [6.07, 6.45) is 0.920. The summed E-state index contributed by atoms with van der Waals surface area (Å²) in [6, 6.07) is 8.58. The summed E-state index contributed by atoms with van der Waals surface area (Å²) >= 11 is 0. The van der Waals surface area contributed by atoms with E-state index in [4.69, 9.17) is 5.11 Å². The van der Waals surface area contributed by atoms with E-state index in [0.29, 0.717) is 5.92 Å². The lowest BCUT2D eigenvalue weighted by atomic mass is 10.00. The van der Waals surface area contributed by atoms with Crippen molar-refractivity contribution in [3.63, 3.8) is 0 Å². The van der Waals surface area contributed by atoms with Gasteiger partial charge in [0.05, 0.1) is 6.54 Å². The van der Waals surface area contributed by atoms with Crippen molar-refractivity contribution in [2.45, 2.75) is 40.2 Å². The van der Waals surface area contributed by atoms with Crippen LogP contribution in [0.3, 0.4) is 0 Å². The van der Waals surface area contributed by atoms with Crippen LogP contribution in [0.4, 0.5) is 0 Å².